The average molecular weight is 321 g/mol. The number of carbonyl (C=O) groups is 1. The number of carbonyl (C=O) groups excluding carboxylic acids is 1. The fraction of sp³-hybridized carbons (Fsp3) is 0.538. The van der Waals surface area contributed by atoms with Gasteiger partial charge in [0, 0.05) is 38.4 Å². The monoisotopic (exact) mass is 321 g/mol. The van der Waals surface area contributed by atoms with Crippen molar-refractivity contribution in [3.05, 3.63) is 23.9 Å². The highest BCUT2D eigenvalue weighted by Gasteiger charge is 2.41. The smallest absolute Gasteiger partial charge is 0.340 e. The maximum Gasteiger partial charge on any atom is 0.340 e. The van der Waals surface area contributed by atoms with Gasteiger partial charge >= 0.3 is 12.3 Å². The number of amides is 1. The van der Waals surface area contributed by atoms with Gasteiger partial charge in [0.05, 0.1) is 5.56 Å². The van der Waals surface area contributed by atoms with Gasteiger partial charge in [-0.2, -0.15) is 8.78 Å². The highest BCUT2D eigenvalue weighted by atomic mass is 19.3. The molecule has 1 N–H and O–H groups in total. The lowest BCUT2D eigenvalue weighted by Gasteiger charge is -2.27. The number of alkyl halides is 4. The summed E-state index contributed by atoms with van der Waals surface area (Å²) in [4.78, 5) is 17.4. The highest BCUT2D eigenvalue weighted by molar-refractivity contribution is 5.94. The molecule has 5 nitrogen and oxygen atoms in total. The zero-order chi connectivity index (χ0) is 16.2. The molecule has 1 amide bonds. The van der Waals surface area contributed by atoms with E-state index in [1.54, 1.807) is 4.90 Å². The molecule has 0 spiro atoms. The van der Waals surface area contributed by atoms with Crippen molar-refractivity contribution in [1.29, 1.82) is 0 Å². The molecule has 1 aliphatic rings. The molecule has 0 aromatic carbocycles. The number of nitrogens with zero attached hydrogens (tertiary/aromatic N) is 2. The Balaban J connectivity index is 1.94. The molecule has 2 rings (SSSR count). The molecule has 1 fully saturated rings. The summed E-state index contributed by atoms with van der Waals surface area (Å²) in [5, 5.41) is 3.11. The average Bonchev–Trinajstić information content (AvgIpc) is 2.53. The Morgan fingerprint density at radius 3 is 2.59 bits per heavy atom. The van der Waals surface area contributed by atoms with Crippen LogP contribution in [0.15, 0.2) is 18.3 Å². The molecule has 1 aromatic rings. The van der Waals surface area contributed by atoms with Crippen molar-refractivity contribution in [1.82, 2.24) is 15.2 Å². The van der Waals surface area contributed by atoms with Gasteiger partial charge in [-0.1, -0.05) is 0 Å². The van der Waals surface area contributed by atoms with E-state index in [2.05, 4.69) is 15.0 Å². The Bertz CT molecular complexity index is 505. The van der Waals surface area contributed by atoms with Gasteiger partial charge in [-0.05, 0) is 6.07 Å². The minimum absolute atomic E-state index is 0.224. The lowest BCUT2D eigenvalue weighted by molar-refractivity contribution is -0.148. The third-order valence-electron chi connectivity index (χ3n) is 3.12. The lowest BCUT2D eigenvalue weighted by atomic mass is 10.2. The summed E-state index contributed by atoms with van der Waals surface area (Å²) in [6.45, 7) is 1.06. The van der Waals surface area contributed by atoms with Crippen molar-refractivity contribution < 1.29 is 27.1 Å². The van der Waals surface area contributed by atoms with E-state index in [1.807, 2.05) is 0 Å². The van der Waals surface area contributed by atoms with Crippen molar-refractivity contribution >= 4 is 5.91 Å². The first-order valence-corrected chi connectivity index (χ1v) is 6.65. The summed E-state index contributed by atoms with van der Waals surface area (Å²) in [5.74, 6) is -4.70. The fourth-order valence-corrected chi connectivity index (χ4v) is 1.88. The summed E-state index contributed by atoms with van der Waals surface area (Å²) >= 11 is 0. The van der Waals surface area contributed by atoms with Gasteiger partial charge in [0.25, 0.3) is 5.91 Å². The minimum Gasteiger partial charge on any atom is -0.471 e. The molecule has 0 bridgehead atoms. The van der Waals surface area contributed by atoms with E-state index in [0.717, 1.165) is 0 Å². The molecule has 1 aromatic heterocycles. The van der Waals surface area contributed by atoms with Crippen LogP contribution in [-0.4, -0.2) is 60.9 Å². The maximum atomic E-state index is 12.7. The van der Waals surface area contributed by atoms with Gasteiger partial charge in [-0.3, -0.25) is 4.79 Å². The Labute approximate surface area is 124 Å². The van der Waals surface area contributed by atoms with Gasteiger partial charge in [0.2, 0.25) is 5.88 Å². The third-order valence-corrected chi connectivity index (χ3v) is 3.12. The summed E-state index contributed by atoms with van der Waals surface area (Å²) < 4.78 is 53.9. The number of piperazine rings is 1. The van der Waals surface area contributed by atoms with Crippen LogP contribution in [0, 0.1) is 0 Å². The fourth-order valence-electron chi connectivity index (χ4n) is 1.88. The number of pyridine rings is 1. The van der Waals surface area contributed by atoms with Crippen LogP contribution < -0.4 is 10.1 Å². The number of hydrogen-bond donors (Lipinski definition) is 1. The van der Waals surface area contributed by atoms with Crippen molar-refractivity contribution in [2.75, 3.05) is 32.8 Å². The zero-order valence-corrected chi connectivity index (χ0v) is 11.6. The Morgan fingerprint density at radius 2 is 2.05 bits per heavy atom. The number of aromatic nitrogens is 1. The minimum atomic E-state index is -4.24. The molecule has 0 saturated carbocycles. The van der Waals surface area contributed by atoms with E-state index < -0.39 is 19.0 Å². The van der Waals surface area contributed by atoms with Crippen LogP contribution in [0.1, 0.15) is 10.4 Å². The Hall–Kier alpha value is -1.90. The van der Waals surface area contributed by atoms with E-state index in [-0.39, 0.29) is 17.4 Å². The molecule has 0 unspecified atom stereocenters. The molecule has 0 radical (unpaired) electrons. The number of rotatable bonds is 5. The standard InChI is InChI=1S/C13H15F4N3O2/c14-12(15)13(16,17)8-22-10-2-1-9(7-19-10)11(21)20-5-3-18-4-6-20/h1-2,7,12,18H,3-6,8H2. The van der Waals surface area contributed by atoms with Gasteiger partial charge in [-0.25, -0.2) is 13.8 Å². The summed E-state index contributed by atoms with van der Waals surface area (Å²) in [6, 6.07) is 2.57. The van der Waals surface area contributed by atoms with Crippen molar-refractivity contribution in [3.8, 4) is 5.88 Å². The topological polar surface area (TPSA) is 54.5 Å². The largest absolute Gasteiger partial charge is 0.471 e. The molecule has 22 heavy (non-hydrogen) atoms. The van der Waals surface area contributed by atoms with Gasteiger partial charge in [0.15, 0.2) is 6.61 Å². The second-order valence-corrected chi connectivity index (χ2v) is 4.78. The maximum absolute atomic E-state index is 12.7. The van der Waals surface area contributed by atoms with E-state index in [1.165, 1.54) is 18.3 Å². The summed E-state index contributed by atoms with van der Waals surface area (Å²) in [7, 11) is 0. The third kappa shape index (κ3) is 4.06. The lowest BCUT2D eigenvalue weighted by Crippen LogP contribution is -2.46. The molecule has 1 saturated heterocycles. The van der Waals surface area contributed by atoms with Crippen molar-refractivity contribution in [2.45, 2.75) is 12.3 Å². The number of ether oxygens (including phenoxy) is 1. The molecular weight excluding hydrogens is 306 g/mol. The molecule has 0 aliphatic carbocycles. The van der Waals surface area contributed by atoms with Crippen LogP contribution in [0.2, 0.25) is 0 Å². The van der Waals surface area contributed by atoms with E-state index >= 15 is 0 Å². The second kappa shape index (κ2) is 6.91. The van der Waals surface area contributed by atoms with Crippen LogP contribution in [-0.2, 0) is 0 Å². The number of nitrogens with one attached hydrogen (secondary N) is 1. The van der Waals surface area contributed by atoms with E-state index in [0.29, 0.717) is 26.2 Å². The Kier molecular flexibility index (Phi) is 5.17. The summed E-state index contributed by atoms with van der Waals surface area (Å²) in [5.41, 5.74) is 0.287. The van der Waals surface area contributed by atoms with E-state index in [9.17, 15) is 22.4 Å². The summed E-state index contributed by atoms with van der Waals surface area (Å²) in [6.07, 6.45) is -2.62. The van der Waals surface area contributed by atoms with Gasteiger partial charge in [0.1, 0.15) is 0 Å². The van der Waals surface area contributed by atoms with Gasteiger partial charge in [-0.15, -0.1) is 0 Å². The predicted molar refractivity (Wildman–Crippen MR) is 69.5 cm³/mol. The van der Waals surface area contributed by atoms with Crippen molar-refractivity contribution in [3.63, 3.8) is 0 Å². The first-order valence-electron chi connectivity index (χ1n) is 6.65. The molecule has 1 aliphatic heterocycles. The first kappa shape index (κ1) is 16.5. The molecular formula is C13H15F4N3O2. The number of halogens is 4. The van der Waals surface area contributed by atoms with Crippen LogP contribution in [0.5, 0.6) is 5.88 Å². The normalized spacial score (nSPS) is 16.0. The first-order chi connectivity index (χ1) is 10.4. The van der Waals surface area contributed by atoms with Crippen LogP contribution >= 0.6 is 0 Å². The van der Waals surface area contributed by atoms with Crippen LogP contribution in [0.4, 0.5) is 17.6 Å². The molecule has 2 heterocycles. The molecule has 122 valence electrons. The second-order valence-electron chi connectivity index (χ2n) is 4.78. The van der Waals surface area contributed by atoms with Gasteiger partial charge < -0.3 is 15.0 Å². The van der Waals surface area contributed by atoms with Crippen LogP contribution in [0.25, 0.3) is 0 Å². The Morgan fingerprint density at radius 1 is 1.36 bits per heavy atom. The zero-order valence-electron chi connectivity index (χ0n) is 11.6. The van der Waals surface area contributed by atoms with E-state index in [4.69, 9.17) is 0 Å². The SMILES string of the molecule is O=C(c1ccc(OCC(F)(F)C(F)F)nc1)N1CCNCC1. The van der Waals surface area contributed by atoms with Crippen molar-refractivity contribution in [2.24, 2.45) is 0 Å². The van der Waals surface area contributed by atoms with Crippen LogP contribution in [0.3, 0.4) is 0 Å². The quantitative estimate of drug-likeness (QED) is 0.833. The highest BCUT2D eigenvalue weighted by Crippen LogP contribution is 2.23. The number of hydrogen-bond acceptors (Lipinski definition) is 4. The predicted octanol–water partition coefficient (Wildman–Crippen LogP) is 1.41. The molecule has 0 atom stereocenters. The molecule has 9 heteroatoms.